The third kappa shape index (κ3) is 7.44. The molecule has 1 saturated heterocycles. The summed E-state index contributed by atoms with van der Waals surface area (Å²) in [6, 6.07) is 16.9. The van der Waals surface area contributed by atoms with Gasteiger partial charge in [-0.2, -0.15) is 9.40 Å². The van der Waals surface area contributed by atoms with E-state index in [1.807, 2.05) is 6.92 Å². The number of aryl methyl sites for hydroxylation is 1. The van der Waals surface area contributed by atoms with Crippen LogP contribution < -0.4 is 34.3 Å². The number of carbonyl (C=O) groups is 2. The third-order valence-corrected chi connectivity index (χ3v) is 11.1. The molecule has 5 aliphatic heterocycles. The molecule has 9 rings (SSSR count). The molecule has 1 fully saturated rings. The van der Waals surface area contributed by atoms with E-state index in [1.54, 1.807) is 72.3 Å². The molecule has 0 unspecified atom stereocenters. The maximum Gasteiger partial charge on any atom is 0.264 e. The Bertz CT molecular complexity index is 2010. The summed E-state index contributed by atoms with van der Waals surface area (Å²) >= 11 is 0. The van der Waals surface area contributed by atoms with E-state index in [0.29, 0.717) is 57.9 Å². The van der Waals surface area contributed by atoms with Crippen LogP contribution in [0.1, 0.15) is 41.4 Å². The average molecular weight is 720 g/mol. The van der Waals surface area contributed by atoms with Crippen LogP contribution in [-0.2, 0) is 27.9 Å². The van der Waals surface area contributed by atoms with Crippen molar-refractivity contribution in [2.75, 3.05) is 40.5 Å². The first kappa shape index (κ1) is 35.5. The van der Waals surface area contributed by atoms with Gasteiger partial charge in [0.1, 0.15) is 34.5 Å². The fraction of sp³-hybridized carbons (Fsp3) is 0.361. The zero-order chi connectivity index (χ0) is 36.2. The lowest BCUT2D eigenvalue weighted by molar-refractivity contribution is -0.140. The second kappa shape index (κ2) is 14.9. The minimum absolute atomic E-state index is 0.0550. The van der Waals surface area contributed by atoms with E-state index in [1.165, 1.54) is 24.7 Å². The van der Waals surface area contributed by atoms with Gasteiger partial charge in [0.2, 0.25) is 10.0 Å². The van der Waals surface area contributed by atoms with E-state index in [4.69, 9.17) is 23.7 Å². The van der Waals surface area contributed by atoms with Crippen molar-refractivity contribution in [3.8, 4) is 34.5 Å². The number of sulfonamides is 1. The van der Waals surface area contributed by atoms with Gasteiger partial charge in [-0.3, -0.25) is 14.3 Å². The smallest absolute Gasteiger partial charge is 0.264 e. The van der Waals surface area contributed by atoms with Gasteiger partial charge in [0.15, 0.2) is 17.1 Å². The minimum Gasteiger partial charge on any atom is -0.496 e. The van der Waals surface area contributed by atoms with Crippen molar-refractivity contribution in [1.82, 2.24) is 24.7 Å². The Labute approximate surface area is 296 Å². The van der Waals surface area contributed by atoms with Crippen LogP contribution >= 0.6 is 0 Å². The zero-order valence-corrected chi connectivity index (χ0v) is 29.7. The summed E-state index contributed by atoms with van der Waals surface area (Å²) < 4.78 is 59.9. The van der Waals surface area contributed by atoms with Crippen molar-refractivity contribution in [1.29, 1.82) is 0 Å². The lowest BCUT2D eigenvalue weighted by Gasteiger charge is -2.40. The topological polar surface area (TPSA) is 160 Å². The van der Waals surface area contributed by atoms with Crippen molar-refractivity contribution in [2.45, 2.75) is 50.3 Å². The highest BCUT2D eigenvalue weighted by atomic mass is 32.2. The molecule has 5 aliphatic rings. The van der Waals surface area contributed by atoms with Gasteiger partial charge < -0.3 is 34.3 Å². The standard InChI is InChI=1S/C36H41N5O9S/c1-5-41-24(2)33(23-39-41)51(44,45)40-17-14-36(15-18-40)35(43)38-22-26-6-8-29(21-31(26)47-4)49-32-20-25(7-13-30(32)46-3)34(42)37-16-19-48-27-9-11-28(50-36)12-10-27/h6-13,20-21,23H,5,14-19,22H2,1-4H3,(H,37,42)(H,38,43). The first-order valence-corrected chi connectivity index (χ1v) is 18.0. The van der Waals surface area contributed by atoms with Crippen LogP contribution in [0.2, 0.25) is 0 Å². The summed E-state index contributed by atoms with van der Waals surface area (Å²) in [6.07, 6.45) is 1.57. The van der Waals surface area contributed by atoms with Gasteiger partial charge in [0.25, 0.3) is 11.8 Å². The molecular weight excluding hydrogens is 678 g/mol. The van der Waals surface area contributed by atoms with Gasteiger partial charge in [-0.1, -0.05) is 0 Å². The summed E-state index contributed by atoms with van der Waals surface area (Å²) in [5, 5.41) is 10.1. The summed E-state index contributed by atoms with van der Waals surface area (Å²) in [5.74, 6) is 1.89. The maximum absolute atomic E-state index is 14.1. The number of amides is 2. The summed E-state index contributed by atoms with van der Waals surface area (Å²) in [7, 11) is -0.836. The number of nitrogens with one attached hydrogen (secondary N) is 2. The van der Waals surface area contributed by atoms with E-state index in [0.717, 1.165) is 0 Å². The molecule has 14 nitrogen and oxygen atoms in total. The Morgan fingerprint density at radius 3 is 2.29 bits per heavy atom. The molecule has 0 radical (unpaired) electrons. The summed E-state index contributed by atoms with van der Waals surface area (Å²) in [5.41, 5.74) is 0.223. The highest BCUT2D eigenvalue weighted by Crippen LogP contribution is 2.36. The molecular formula is C36H41N5O9S. The molecule has 1 aromatic heterocycles. The van der Waals surface area contributed by atoms with Crippen molar-refractivity contribution in [2.24, 2.45) is 0 Å². The highest BCUT2D eigenvalue weighted by Gasteiger charge is 2.46. The zero-order valence-electron chi connectivity index (χ0n) is 28.9. The van der Waals surface area contributed by atoms with E-state index in [-0.39, 0.29) is 56.4 Å². The van der Waals surface area contributed by atoms with Crippen LogP contribution in [0.4, 0.5) is 0 Å². The van der Waals surface area contributed by atoms with Gasteiger partial charge >= 0.3 is 0 Å². The molecule has 2 N–H and O–H groups in total. The predicted octanol–water partition coefficient (Wildman–Crippen LogP) is 4.06. The fourth-order valence-electron chi connectivity index (χ4n) is 6.16. The van der Waals surface area contributed by atoms with Gasteiger partial charge in [-0.15, -0.1) is 0 Å². The monoisotopic (exact) mass is 719 g/mol. The minimum atomic E-state index is -3.86. The van der Waals surface area contributed by atoms with Crippen molar-refractivity contribution < 1.29 is 41.7 Å². The number of piperidine rings is 1. The van der Waals surface area contributed by atoms with Crippen molar-refractivity contribution >= 4 is 21.8 Å². The number of methoxy groups -OCH3 is 2. The number of carbonyl (C=O) groups excluding carboxylic acids is 2. The third-order valence-electron chi connectivity index (χ3n) is 9.06. The van der Waals surface area contributed by atoms with Crippen LogP contribution in [0.3, 0.4) is 0 Å². The Hall–Kier alpha value is -5.28. The number of ether oxygens (including phenoxy) is 5. The SMILES string of the molecule is CCn1ncc(S(=O)(=O)N2CCC3(CC2)Oc2ccc(cc2)OCCNC(=O)c2ccc(OC)c(c2)Oc2ccc(c(OC)c2)CNC3=O)c1C. The number of benzene rings is 3. The van der Waals surface area contributed by atoms with Gasteiger partial charge in [0.05, 0.1) is 32.7 Å². The van der Waals surface area contributed by atoms with Crippen LogP contribution in [0, 0.1) is 6.92 Å². The van der Waals surface area contributed by atoms with E-state index in [9.17, 15) is 18.0 Å². The molecule has 2 amide bonds. The van der Waals surface area contributed by atoms with E-state index >= 15 is 0 Å². The molecule has 0 atom stereocenters. The van der Waals surface area contributed by atoms with Crippen LogP contribution in [0.25, 0.3) is 0 Å². The van der Waals surface area contributed by atoms with Crippen LogP contribution in [-0.4, -0.2) is 80.4 Å². The molecule has 0 aliphatic carbocycles. The maximum atomic E-state index is 14.1. The van der Waals surface area contributed by atoms with E-state index in [2.05, 4.69) is 15.7 Å². The van der Waals surface area contributed by atoms with Gasteiger partial charge in [-0.05, 0) is 68.4 Å². The molecule has 6 bridgehead atoms. The first-order valence-electron chi connectivity index (χ1n) is 16.6. The van der Waals surface area contributed by atoms with Gasteiger partial charge in [-0.25, -0.2) is 8.42 Å². The number of hydrogen-bond acceptors (Lipinski definition) is 10. The number of hydrogen-bond donors (Lipinski definition) is 2. The number of rotatable bonds is 5. The molecule has 0 saturated carbocycles. The molecule has 4 aromatic rings. The predicted molar refractivity (Wildman–Crippen MR) is 186 cm³/mol. The second-order valence-electron chi connectivity index (χ2n) is 12.1. The molecule has 6 heterocycles. The molecule has 51 heavy (non-hydrogen) atoms. The van der Waals surface area contributed by atoms with Crippen molar-refractivity contribution in [3.05, 3.63) is 83.7 Å². The van der Waals surface area contributed by atoms with Crippen LogP contribution in [0.15, 0.2) is 71.8 Å². The fourth-order valence-corrected chi connectivity index (χ4v) is 7.76. The van der Waals surface area contributed by atoms with Crippen LogP contribution in [0.5, 0.6) is 34.5 Å². The van der Waals surface area contributed by atoms with Gasteiger partial charge in [0, 0.05) is 56.2 Å². The molecule has 15 heteroatoms. The molecule has 3 aromatic carbocycles. The summed E-state index contributed by atoms with van der Waals surface area (Å²) in [6.45, 7) is 4.81. The highest BCUT2D eigenvalue weighted by molar-refractivity contribution is 7.89. The Balaban J connectivity index is 1.29. The average Bonchev–Trinajstić information content (AvgIpc) is 3.53. The largest absolute Gasteiger partial charge is 0.496 e. The second-order valence-corrected chi connectivity index (χ2v) is 14.0. The number of nitrogens with zero attached hydrogens (tertiary/aromatic N) is 3. The Kier molecular flexibility index (Phi) is 10.4. The molecule has 270 valence electrons. The quantitative estimate of drug-likeness (QED) is 0.308. The Morgan fingerprint density at radius 1 is 0.902 bits per heavy atom. The lowest BCUT2D eigenvalue weighted by atomic mass is 9.90. The number of aromatic nitrogens is 2. The van der Waals surface area contributed by atoms with Crippen molar-refractivity contribution in [3.63, 3.8) is 0 Å². The normalized spacial score (nSPS) is 16.9. The molecule has 1 spiro atoms. The van der Waals surface area contributed by atoms with E-state index < -0.39 is 21.5 Å². The lowest BCUT2D eigenvalue weighted by Crippen LogP contribution is -2.57. The summed E-state index contributed by atoms with van der Waals surface area (Å²) in [4.78, 5) is 27.2. The first-order chi connectivity index (χ1) is 24.6. The Morgan fingerprint density at radius 2 is 1.61 bits per heavy atom.